The highest BCUT2D eigenvalue weighted by molar-refractivity contribution is 5.78. The number of aryl methyl sites for hydroxylation is 1. The van der Waals surface area contributed by atoms with Gasteiger partial charge in [-0.15, -0.1) is 10.2 Å². The molecule has 0 bridgehead atoms. The molecular weight excluding hydrogens is 278 g/mol. The molecular formula is C16H21N5O. The molecule has 0 radical (unpaired) electrons. The van der Waals surface area contributed by atoms with Crippen molar-refractivity contribution in [3.05, 3.63) is 41.2 Å². The molecule has 116 valence electrons. The molecule has 1 amide bonds. The van der Waals surface area contributed by atoms with Gasteiger partial charge in [-0.1, -0.05) is 12.5 Å². The van der Waals surface area contributed by atoms with Gasteiger partial charge in [-0.3, -0.25) is 9.78 Å². The molecule has 1 aliphatic carbocycles. The highest BCUT2D eigenvalue weighted by Gasteiger charge is 2.25. The summed E-state index contributed by atoms with van der Waals surface area (Å²) in [6.45, 7) is 2.34. The molecule has 0 spiro atoms. The molecule has 1 fully saturated rings. The van der Waals surface area contributed by atoms with E-state index < -0.39 is 0 Å². The average Bonchev–Trinajstić information content (AvgIpc) is 2.79. The lowest BCUT2D eigenvalue weighted by Crippen LogP contribution is -2.26. The maximum atomic E-state index is 12.0. The van der Waals surface area contributed by atoms with E-state index in [1.54, 1.807) is 6.20 Å². The fraction of sp³-hybridized carbons (Fsp3) is 0.500. The van der Waals surface area contributed by atoms with Crippen LogP contribution in [0.5, 0.6) is 0 Å². The number of carbonyl (C=O) groups excluding carboxylic acids is 1. The van der Waals surface area contributed by atoms with Gasteiger partial charge in [0.05, 0.1) is 13.0 Å². The molecule has 0 saturated heterocycles. The number of carbonyl (C=O) groups is 1. The minimum atomic E-state index is -0.0288. The summed E-state index contributed by atoms with van der Waals surface area (Å²) in [5.74, 6) is 2.36. The van der Waals surface area contributed by atoms with E-state index in [9.17, 15) is 4.79 Å². The van der Waals surface area contributed by atoms with Gasteiger partial charge in [0.25, 0.3) is 0 Å². The van der Waals surface area contributed by atoms with Crippen LogP contribution >= 0.6 is 0 Å². The maximum absolute atomic E-state index is 12.0. The van der Waals surface area contributed by atoms with Crippen LogP contribution in [0.2, 0.25) is 0 Å². The van der Waals surface area contributed by atoms with Crippen molar-refractivity contribution in [2.75, 3.05) is 0 Å². The number of nitrogens with one attached hydrogen (secondary N) is 1. The first-order valence-corrected chi connectivity index (χ1v) is 7.70. The summed E-state index contributed by atoms with van der Waals surface area (Å²) in [5, 5.41) is 11.4. The Bertz CT molecular complexity index is 658. The SMILES string of the molecule is Cc1ccc(CC(=O)NCc2nnc(C3CCC3)n2C)cn1. The molecule has 2 heterocycles. The van der Waals surface area contributed by atoms with Crippen molar-refractivity contribution in [3.8, 4) is 0 Å². The van der Waals surface area contributed by atoms with Gasteiger partial charge in [0.1, 0.15) is 5.82 Å². The molecule has 0 aromatic carbocycles. The minimum absolute atomic E-state index is 0.0288. The molecule has 0 unspecified atom stereocenters. The van der Waals surface area contributed by atoms with Gasteiger partial charge in [-0.25, -0.2) is 0 Å². The Morgan fingerprint density at radius 1 is 1.36 bits per heavy atom. The zero-order valence-electron chi connectivity index (χ0n) is 13.0. The lowest BCUT2D eigenvalue weighted by atomic mass is 9.85. The molecule has 2 aromatic rings. The Morgan fingerprint density at radius 2 is 2.18 bits per heavy atom. The quantitative estimate of drug-likeness (QED) is 0.911. The van der Waals surface area contributed by atoms with Gasteiger partial charge in [-0.05, 0) is 31.4 Å². The van der Waals surface area contributed by atoms with Gasteiger partial charge in [0.2, 0.25) is 5.91 Å². The molecule has 1 N–H and O–H groups in total. The topological polar surface area (TPSA) is 72.7 Å². The van der Waals surface area contributed by atoms with Crippen LogP contribution in [0.15, 0.2) is 18.3 Å². The molecule has 6 nitrogen and oxygen atoms in total. The second kappa shape index (κ2) is 6.25. The zero-order chi connectivity index (χ0) is 15.5. The van der Waals surface area contributed by atoms with Crippen LogP contribution in [0.3, 0.4) is 0 Å². The first-order chi connectivity index (χ1) is 10.6. The predicted octanol–water partition coefficient (Wildman–Crippen LogP) is 1.64. The number of hydrogen-bond donors (Lipinski definition) is 1. The van der Waals surface area contributed by atoms with Crippen LogP contribution in [-0.4, -0.2) is 25.7 Å². The van der Waals surface area contributed by atoms with Gasteiger partial charge in [0.15, 0.2) is 5.82 Å². The Labute approximate surface area is 130 Å². The van der Waals surface area contributed by atoms with E-state index in [2.05, 4.69) is 20.5 Å². The Kier molecular flexibility index (Phi) is 4.18. The maximum Gasteiger partial charge on any atom is 0.224 e. The fourth-order valence-corrected chi connectivity index (χ4v) is 2.58. The van der Waals surface area contributed by atoms with Gasteiger partial charge in [-0.2, -0.15) is 0 Å². The summed E-state index contributed by atoms with van der Waals surface area (Å²) in [6, 6.07) is 3.84. The van der Waals surface area contributed by atoms with Gasteiger partial charge in [0, 0.05) is 24.9 Å². The molecule has 2 aromatic heterocycles. The van der Waals surface area contributed by atoms with Crippen molar-refractivity contribution < 1.29 is 4.79 Å². The lowest BCUT2D eigenvalue weighted by Gasteiger charge is -2.24. The smallest absolute Gasteiger partial charge is 0.224 e. The summed E-state index contributed by atoms with van der Waals surface area (Å²) < 4.78 is 2.01. The summed E-state index contributed by atoms with van der Waals surface area (Å²) in [6.07, 6.45) is 5.73. The highest BCUT2D eigenvalue weighted by Crippen LogP contribution is 2.34. The zero-order valence-corrected chi connectivity index (χ0v) is 13.0. The van der Waals surface area contributed by atoms with Crippen molar-refractivity contribution in [2.24, 2.45) is 7.05 Å². The standard InChI is InChI=1S/C16H21N5O/c1-11-6-7-12(9-17-11)8-15(22)18-10-14-19-20-16(21(14)2)13-4-3-5-13/h6-7,9,13H,3-5,8,10H2,1-2H3,(H,18,22). The summed E-state index contributed by atoms with van der Waals surface area (Å²) >= 11 is 0. The fourth-order valence-electron chi connectivity index (χ4n) is 2.58. The van der Waals surface area contributed by atoms with E-state index in [1.165, 1.54) is 19.3 Å². The van der Waals surface area contributed by atoms with E-state index >= 15 is 0 Å². The number of pyridine rings is 1. The summed E-state index contributed by atoms with van der Waals surface area (Å²) in [7, 11) is 1.97. The number of amides is 1. The molecule has 0 aliphatic heterocycles. The molecule has 1 saturated carbocycles. The molecule has 6 heteroatoms. The number of rotatable bonds is 5. The first kappa shape index (κ1) is 14.7. The van der Waals surface area contributed by atoms with E-state index in [4.69, 9.17) is 0 Å². The van der Waals surface area contributed by atoms with E-state index in [-0.39, 0.29) is 5.91 Å². The van der Waals surface area contributed by atoms with E-state index in [0.717, 1.165) is 22.9 Å². The van der Waals surface area contributed by atoms with Crippen molar-refractivity contribution >= 4 is 5.91 Å². The van der Waals surface area contributed by atoms with E-state index in [0.29, 0.717) is 18.9 Å². The van der Waals surface area contributed by atoms with Crippen molar-refractivity contribution in [1.29, 1.82) is 0 Å². The van der Waals surface area contributed by atoms with Crippen LogP contribution < -0.4 is 5.32 Å². The van der Waals surface area contributed by atoms with Crippen LogP contribution in [0.4, 0.5) is 0 Å². The van der Waals surface area contributed by atoms with Crippen LogP contribution in [-0.2, 0) is 24.8 Å². The molecule has 3 rings (SSSR count). The van der Waals surface area contributed by atoms with Crippen molar-refractivity contribution in [3.63, 3.8) is 0 Å². The third-order valence-corrected chi connectivity index (χ3v) is 4.25. The first-order valence-electron chi connectivity index (χ1n) is 7.70. The normalized spacial score (nSPS) is 14.6. The van der Waals surface area contributed by atoms with Crippen LogP contribution in [0.1, 0.15) is 48.1 Å². The largest absolute Gasteiger partial charge is 0.349 e. The van der Waals surface area contributed by atoms with Crippen molar-refractivity contribution in [2.45, 2.75) is 45.1 Å². The number of hydrogen-bond acceptors (Lipinski definition) is 4. The third-order valence-electron chi connectivity index (χ3n) is 4.25. The molecule has 0 atom stereocenters. The Hall–Kier alpha value is -2.24. The monoisotopic (exact) mass is 299 g/mol. The highest BCUT2D eigenvalue weighted by atomic mass is 16.1. The number of aromatic nitrogens is 4. The molecule has 1 aliphatic rings. The van der Waals surface area contributed by atoms with Crippen LogP contribution in [0.25, 0.3) is 0 Å². The van der Waals surface area contributed by atoms with Gasteiger partial charge >= 0.3 is 0 Å². The van der Waals surface area contributed by atoms with Crippen LogP contribution in [0, 0.1) is 6.92 Å². The lowest BCUT2D eigenvalue weighted by molar-refractivity contribution is -0.120. The van der Waals surface area contributed by atoms with Crippen molar-refractivity contribution in [1.82, 2.24) is 25.1 Å². The second-order valence-electron chi connectivity index (χ2n) is 5.92. The van der Waals surface area contributed by atoms with E-state index in [1.807, 2.05) is 30.7 Å². The third kappa shape index (κ3) is 3.16. The van der Waals surface area contributed by atoms with Gasteiger partial charge < -0.3 is 9.88 Å². The average molecular weight is 299 g/mol. The Morgan fingerprint density at radius 3 is 2.82 bits per heavy atom. The number of nitrogens with zero attached hydrogens (tertiary/aromatic N) is 4. The summed E-state index contributed by atoms with van der Waals surface area (Å²) in [4.78, 5) is 16.2. The Balaban J connectivity index is 1.54. The predicted molar refractivity (Wildman–Crippen MR) is 82.1 cm³/mol. The summed E-state index contributed by atoms with van der Waals surface area (Å²) in [5.41, 5.74) is 1.86. The molecule has 22 heavy (non-hydrogen) atoms. The second-order valence-corrected chi connectivity index (χ2v) is 5.92. The minimum Gasteiger partial charge on any atom is -0.349 e.